The molecule has 1 heterocycles. The summed E-state index contributed by atoms with van der Waals surface area (Å²) in [5.74, 6) is -2.22. The third-order valence-corrected chi connectivity index (χ3v) is 3.95. The second-order valence-electron chi connectivity index (χ2n) is 5.70. The standard InChI is InChI=1S/C20H18F2N4O/c1-3-12(19-24-15-9-4-5-10-16(15)25-19)17(11-23-2)26-20(27)18-13(21)7-6-8-14(18)22/h3-11,23H,1-2H3,(H,24,25)(H,26,27)/b12-3?,17-11+. The van der Waals surface area contributed by atoms with Crippen molar-refractivity contribution in [1.29, 1.82) is 0 Å². The first kappa shape index (κ1) is 18.3. The molecule has 2 aromatic carbocycles. The summed E-state index contributed by atoms with van der Waals surface area (Å²) < 4.78 is 27.8. The molecule has 5 nitrogen and oxygen atoms in total. The lowest BCUT2D eigenvalue weighted by atomic mass is 10.1. The minimum Gasteiger partial charge on any atom is -0.392 e. The summed E-state index contributed by atoms with van der Waals surface area (Å²) in [5.41, 5.74) is 1.86. The van der Waals surface area contributed by atoms with Gasteiger partial charge in [0.2, 0.25) is 0 Å². The topological polar surface area (TPSA) is 69.8 Å². The van der Waals surface area contributed by atoms with Gasteiger partial charge in [-0.3, -0.25) is 4.79 Å². The van der Waals surface area contributed by atoms with Crippen LogP contribution >= 0.6 is 0 Å². The van der Waals surface area contributed by atoms with Gasteiger partial charge in [-0.25, -0.2) is 13.8 Å². The van der Waals surface area contributed by atoms with E-state index in [2.05, 4.69) is 20.6 Å². The van der Waals surface area contributed by atoms with Crippen LogP contribution in [0.4, 0.5) is 8.78 Å². The lowest BCUT2D eigenvalue weighted by Gasteiger charge is -2.13. The van der Waals surface area contributed by atoms with Gasteiger partial charge >= 0.3 is 0 Å². The molecule has 1 aromatic heterocycles. The Bertz CT molecular complexity index is 1000. The molecule has 1 amide bonds. The van der Waals surface area contributed by atoms with E-state index in [4.69, 9.17) is 0 Å². The zero-order valence-corrected chi connectivity index (χ0v) is 14.8. The molecule has 0 unspecified atom stereocenters. The monoisotopic (exact) mass is 368 g/mol. The second kappa shape index (κ2) is 7.82. The number of benzene rings is 2. The molecule has 0 fully saturated rings. The van der Waals surface area contributed by atoms with Gasteiger partial charge in [0, 0.05) is 18.8 Å². The third-order valence-electron chi connectivity index (χ3n) is 3.95. The zero-order chi connectivity index (χ0) is 19.4. The molecule has 27 heavy (non-hydrogen) atoms. The van der Waals surface area contributed by atoms with E-state index in [0.29, 0.717) is 17.1 Å². The molecule has 138 valence electrons. The fourth-order valence-electron chi connectivity index (χ4n) is 2.73. The van der Waals surface area contributed by atoms with E-state index in [1.54, 1.807) is 20.0 Å². The van der Waals surface area contributed by atoms with E-state index in [9.17, 15) is 13.6 Å². The first-order valence-electron chi connectivity index (χ1n) is 8.29. The number of allylic oxidation sites excluding steroid dienone is 2. The van der Waals surface area contributed by atoms with Crippen LogP contribution in [-0.2, 0) is 0 Å². The van der Waals surface area contributed by atoms with Gasteiger partial charge in [0.1, 0.15) is 23.0 Å². The van der Waals surface area contributed by atoms with Crippen LogP contribution in [0.2, 0.25) is 0 Å². The lowest BCUT2D eigenvalue weighted by molar-refractivity contribution is 0.0959. The minimum atomic E-state index is -0.929. The summed E-state index contributed by atoms with van der Waals surface area (Å²) in [6, 6.07) is 10.8. The zero-order valence-electron chi connectivity index (χ0n) is 14.8. The smallest absolute Gasteiger partial charge is 0.261 e. The number of para-hydroxylation sites is 2. The van der Waals surface area contributed by atoms with Gasteiger partial charge < -0.3 is 15.6 Å². The van der Waals surface area contributed by atoms with Crippen molar-refractivity contribution in [1.82, 2.24) is 20.6 Å². The first-order valence-corrected chi connectivity index (χ1v) is 8.29. The molecular weight excluding hydrogens is 350 g/mol. The molecule has 0 aliphatic carbocycles. The van der Waals surface area contributed by atoms with E-state index < -0.39 is 23.1 Å². The Morgan fingerprint density at radius 1 is 1.11 bits per heavy atom. The molecule has 3 aromatic rings. The number of halogens is 2. The normalized spacial score (nSPS) is 12.3. The highest BCUT2D eigenvalue weighted by atomic mass is 19.1. The van der Waals surface area contributed by atoms with Crippen molar-refractivity contribution in [2.24, 2.45) is 0 Å². The Labute approximate surface area is 154 Å². The van der Waals surface area contributed by atoms with Crippen LogP contribution in [0.3, 0.4) is 0 Å². The molecule has 7 heteroatoms. The van der Waals surface area contributed by atoms with Gasteiger partial charge in [0.25, 0.3) is 5.91 Å². The summed E-state index contributed by atoms with van der Waals surface area (Å²) in [6.45, 7) is 1.78. The van der Waals surface area contributed by atoms with Crippen molar-refractivity contribution in [3.63, 3.8) is 0 Å². The van der Waals surface area contributed by atoms with Crippen molar-refractivity contribution in [3.05, 3.63) is 83.5 Å². The molecule has 3 N–H and O–H groups in total. The quantitative estimate of drug-likeness (QED) is 0.601. The lowest BCUT2D eigenvalue weighted by Crippen LogP contribution is -2.27. The highest BCUT2D eigenvalue weighted by Gasteiger charge is 2.20. The number of imidazole rings is 1. The molecule has 0 atom stereocenters. The van der Waals surface area contributed by atoms with E-state index in [1.165, 1.54) is 12.3 Å². The summed E-state index contributed by atoms with van der Waals surface area (Å²) in [6.07, 6.45) is 3.28. The summed E-state index contributed by atoms with van der Waals surface area (Å²) in [5, 5.41) is 5.39. The van der Waals surface area contributed by atoms with Crippen molar-refractivity contribution in [2.75, 3.05) is 7.05 Å². The van der Waals surface area contributed by atoms with E-state index in [1.807, 2.05) is 24.3 Å². The highest BCUT2D eigenvalue weighted by molar-refractivity contribution is 5.98. The number of H-pyrrole nitrogens is 1. The number of hydrogen-bond donors (Lipinski definition) is 3. The number of nitrogens with zero attached hydrogens (tertiary/aromatic N) is 1. The van der Waals surface area contributed by atoms with Gasteiger partial charge in [0.05, 0.1) is 16.7 Å². The average molecular weight is 368 g/mol. The van der Waals surface area contributed by atoms with Gasteiger partial charge in [0.15, 0.2) is 0 Å². The molecular formula is C20H18F2N4O. The molecule has 0 saturated carbocycles. The molecule has 0 aliphatic rings. The number of fused-ring (bicyclic) bond motifs is 1. The number of carbonyl (C=O) groups excluding carboxylic acids is 1. The van der Waals surface area contributed by atoms with Crippen LogP contribution in [0.25, 0.3) is 16.6 Å². The molecule has 0 spiro atoms. The Balaban J connectivity index is 1.97. The van der Waals surface area contributed by atoms with E-state index >= 15 is 0 Å². The Morgan fingerprint density at radius 2 is 1.81 bits per heavy atom. The molecule has 0 saturated heterocycles. The third kappa shape index (κ3) is 3.72. The number of hydrogen-bond acceptors (Lipinski definition) is 3. The average Bonchev–Trinajstić information content (AvgIpc) is 3.06. The van der Waals surface area contributed by atoms with Crippen LogP contribution in [0.5, 0.6) is 0 Å². The van der Waals surface area contributed by atoms with E-state index in [-0.39, 0.29) is 0 Å². The predicted molar refractivity (Wildman–Crippen MR) is 101 cm³/mol. The van der Waals surface area contributed by atoms with Crippen LogP contribution in [0.1, 0.15) is 23.1 Å². The second-order valence-corrected chi connectivity index (χ2v) is 5.70. The number of rotatable bonds is 5. The Morgan fingerprint density at radius 3 is 2.44 bits per heavy atom. The summed E-state index contributed by atoms with van der Waals surface area (Å²) in [4.78, 5) is 20.2. The maximum atomic E-state index is 13.9. The van der Waals surface area contributed by atoms with Gasteiger partial charge in [-0.15, -0.1) is 0 Å². The number of aromatic nitrogens is 2. The van der Waals surface area contributed by atoms with Gasteiger partial charge in [-0.2, -0.15) is 0 Å². The van der Waals surface area contributed by atoms with Crippen LogP contribution < -0.4 is 10.6 Å². The van der Waals surface area contributed by atoms with Gasteiger partial charge in [-0.05, 0) is 31.2 Å². The number of nitrogens with one attached hydrogen (secondary N) is 3. The molecule has 0 aliphatic heterocycles. The van der Waals surface area contributed by atoms with Crippen LogP contribution in [0, 0.1) is 11.6 Å². The molecule has 0 radical (unpaired) electrons. The van der Waals surface area contributed by atoms with Crippen molar-refractivity contribution < 1.29 is 13.6 Å². The predicted octanol–water partition coefficient (Wildman–Crippen LogP) is 3.74. The number of carbonyl (C=O) groups is 1. The highest BCUT2D eigenvalue weighted by Crippen LogP contribution is 2.22. The maximum Gasteiger partial charge on any atom is 0.261 e. The SMILES string of the molecule is CC=C(/C(=C\NC)NC(=O)c1c(F)cccc1F)c1nc2ccccc2[nH]1. The molecule has 0 bridgehead atoms. The Hall–Kier alpha value is -3.48. The summed E-state index contributed by atoms with van der Waals surface area (Å²) in [7, 11) is 1.65. The van der Waals surface area contributed by atoms with Gasteiger partial charge in [-0.1, -0.05) is 24.3 Å². The van der Waals surface area contributed by atoms with Crippen LogP contribution in [-0.4, -0.2) is 22.9 Å². The number of aromatic amines is 1. The number of amides is 1. The van der Waals surface area contributed by atoms with Crippen molar-refractivity contribution in [3.8, 4) is 0 Å². The van der Waals surface area contributed by atoms with Crippen molar-refractivity contribution >= 4 is 22.5 Å². The Kier molecular flexibility index (Phi) is 5.30. The first-order chi connectivity index (χ1) is 13.0. The fourth-order valence-corrected chi connectivity index (χ4v) is 2.73. The van der Waals surface area contributed by atoms with Crippen molar-refractivity contribution in [2.45, 2.75) is 6.92 Å². The largest absolute Gasteiger partial charge is 0.392 e. The molecule has 3 rings (SSSR count). The fraction of sp³-hybridized carbons (Fsp3) is 0.100. The van der Waals surface area contributed by atoms with Crippen LogP contribution in [0.15, 0.2) is 60.4 Å². The van der Waals surface area contributed by atoms with E-state index in [0.717, 1.165) is 23.2 Å². The minimum absolute atomic E-state index is 0.326. The summed E-state index contributed by atoms with van der Waals surface area (Å²) >= 11 is 0. The maximum absolute atomic E-state index is 13.9.